The zero-order valence-electron chi connectivity index (χ0n) is 20.7. The molecule has 2 aromatic heterocycles. The summed E-state index contributed by atoms with van der Waals surface area (Å²) in [6, 6.07) is 11.7. The van der Waals surface area contributed by atoms with Crippen LogP contribution in [0.2, 0.25) is 0 Å². The first-order valence-electron chi connectivity index (χ1n) is 13.1. The molecule has 0 bridgehead atoms. The van der Waals surface area contributed by atoms with Gasteiger partial charge in [0.1, 0.15) is 5.65 Å². The van der Waals surface area contributed by atoms with Crippen molar-refractivity contribution in [2.45, 2.75) is 38.0 Å². The van der Waals surface area contributed by atoms with Crippen molar-refractivity contribution in [3.8, 4) is 11.3 Å². The zero-order chi connectivity index (χ0) is 24.9. The summed E-state index contributed by atoms with van der Waals surface area (Å²) in [5.41, 5.74) is 4.50. The van der Waals surface area contributed by atoms with Gasteiger partial charge in [0.05, 0.1) is 12.5 Å². The van der Waals surface area contributed by atoms with Crippen LogP contribution in [0.5, 0.6) is 0 Å². The number of aromatic amines is 1. The number of piperidine rings is 1. The third kappa shape index (κ3) is 4.36. The number of pyridine rings is 1. The highest BCUT2D eigenvalue weighted by atomic mass is 19.3. The van der Waals surface area contributed by atoms with Crippen LogP contribution in [0, 0.1) is 5.92 Å². The van der Waals surface area contributed by atoms with E-state index in [1.54, 1.807) is 0 Å². The monoisotopic (exact) mass is 493 g/mol. The minimum absolute atomic E-state index is 0.171. The second-order valence-corrected chi connectivity index (χ2v) is 10.5. The van der Waals surface area contributed by atoms with Crippen molar-refractivity contribution in [1.29, 1.82) is 0 Å². The Bertz CT molecular complexity index is 1240. The van der Waals surface area contributed by atoms with Crippen LogP contribution >= 0.6 is 0 Å². The number of amides is 1. The number of fused-ring (bicyclic) bond motifs is 1. The fraction of sp³-hybridized carbons (Fsp3) is 0.500. The van der Waals surface area contributed by atoms with E-state index < -0.39 is 11.8 Å². The number of piperazine rings is 1. The van der Waals surface area contributed by atoms with Crippen molar-refractivity contribution in [1.82, 2.24) is 19.8 Å². The minimum atomic E-state index is -2.72. The smallest absolute Gasteiger partial charge is 0.267 e. The van der Waals surface area contributed by atoms with Crippen molar-refractivity contribution < 1.29 is 13.6 Å². The summed E-state index contributed by atoms with van der Waals surface area (Å²) in [6.07, 6.45) is 4.36. The Balaban J connectivity index is 1.20. The number of likely N-dealkylation sites (tertiary alicyclic amines) is 1. The summed E-state index contributed by atoms with van der Waals surface area (Å²) in [5, 5.41) is 1.04. The van der Waals surface area contributed by atoms with Gasteiger partial charge in [0.25, 0.3) is 5.92 Å². The Morgan fingerprint density at radius 3 is 2.47 bits per heavy atom. The van der Waals surface area contributed by atoms with Gasteiger partial charge in [-0.05, 0) is 55.6 Å². The summed E-state index contributed by atoms with van der Waals surface area (Å²) in [5.74, 6) is -2.88. The molecule has 36 heavy (non-hydrogen) atoms. The Kier molecular flexibility index (Phi) is 5.94. The zero-order valence-corrected chi connectivity index (χ0v) is 20.7. The Morgan fingerprint density at radius 1 is 1.06 bits per heavy atom. The number of halogens is 2. The molecule has 0 spiro atoms. The van der Waals surface area contributed by atoms with Crippen molar-refractivity contribution in [3.63, 3.8) is 0 Å². The SMILES string of the molecule is CCN1CC[C@@H](c2ccc(-c3cc4c(N5CCN(C(=O)C6CC6)CC5)ccnc4[nH]3)cc2)C(F)(F)C1. The second-order valence-electron chi connectivity index (χ2n) is 10.5. The van der Waals surface area contributed by atoms with Gasteiger partial charge >= 0.3 is 0 Å². The average molecular weight is 494 g/mol. The predicted octanol–water partition coefficient (Wildman–Crippen LogP) is 4.73. The first-order valence-corrected chi connectivity index (χ1v) is 13.1. The standard InChI is InChI=1S/C28H33F2N5O/c1-2-33-12-10-23(28(29,30)18-33)19-3-5-20(6-4-19)24-17-22-25(9-11-31-26(22)32-24)34-13-15-35(16-14-34)27(36)21-7-8-21/h3-6,9,11,17,21,23H,2,7-8,10,12-16,18H2,1H3,(H,31,32)/t23-/m0/s1. The fourth-order valence-electron chi connectivity index (χ4n) is 5.79. The van der Waals surface area contributed by atoms with Crippen molar-refractivity contribution in [3.05, 3.63) is 48.2 Å². The van der Waals surface area contributed by atoms with Crippen LogP contribution in [-0.2, 0) is 4.79 Å². The van der Waals surface area contributed by atoms with Gasteiger partial charge < -0.3 is 14.8 Å². The predicted molar refractivity (Wildman–Crippen MR) is 137 cm³/mol. The number of alkyl halides is 2. The van der Waals surface area contributed by atoms with Crippen LogP contribution in [0.3, 0.4) is 0 Å². The summed E-state index contributed by atoms with van der Waals surface area (Å²) < 4.78 is 29.6. The van der Waals surface area contributed by atoms with E-state index in [4.69, 9.17) is 0 Å². The van der Waals surface area contributed by atoms with Crippen molar-refractivity contribution in [2.75, 3.05) is 50.7 Å². The summed E-state index contributed by atoms with van der Waals surface area (Å²) in [7, 11) is 0. The number of benzene rings is 1. The number of rotatable bonds is 5. The topological polar surface area (TPSA) is 55.5 Å². The summed E-state index contributed by atoms with van der Waals surface area (Å²) in [4.78, 5) is 26.5. The molecular formula is C28H33F2N5O. The van der Waals surface area contributed by atoms with E-state index in [1.807, 2.05) is 53.3 Å². The van der Waals surface area contributed by atoms with Crippen LogP contribution in [0.25, 0.3) is 22.3 Å². The molecule has 1 aromatic carbocycles. The molecule has 4 heterocycles. The lowest BCUT2D eigenvalue weighted by molar-refractivity contribution is -0.132. The largest absolute Gasteiger partial charge is 0.367 e. The summed E-state index contributed by atoms with van der Waals surface area (Å²) >= 11 is 0. The molecule has 2 saturated heterocycles. The first kappa shape index (κ1) is 23.4. The molecule has 3 aliphatic rings. The molecule has 0 radical (unpaired) electrons. The molecule has 1 N–H and O–H groups in total. The van der Waals surface area contributed by atoms with Crippen LogP contribution in [0.15, 0.2) is 42.6 Å². The highest BCUT2D eigenvalue weighted by molar-refractivity contribution is 5.94. The maximum atomic E-state index is 14.8. The third-order valence-electron chi connectivity index (χ3n) is 8.12. The maximum absolute atomic E-state index is 14.8. The number of hydrogen-bond donors (Lipinski definition) is 1. The lowest BCUT2D eigenvalue weighted by atomic mass is 9.85. The van der Waals surface area contributed by atoms with Gasteiger partial charge in [-0.25, -0.2) is 13.8 Å². The highest BCUT2D eigenvalue weighted by Gasteiger charge is 2.44. The van der Waals surface area contributed by atoms with Crippen LogP contribution in [0.1, 0.15) is 37.7 Å². The number of carbonyl (C=O) groups excluding carboxylic acids is 1. The maximum Gasteiger partial charge on any atom is 0.267 e. The second kappa shape index (κ2) is 9.14. The number of nitrogens with one attached hydrogen (secondary N) is 1. The van der Waals surface area contributed by atoms with E-state index in [0.29, 0.717) is 31.0 Å². The number of nitrogens with zero attached hydrogens (tertiary/aromatic N) is 4. The number of carbonyl (C=O) groups is 1. The number of aromatic nitrogens is 2. The van der Waals surface area contributed by atoms with Crippen molar-refractivity contribution in [2.24, 2.45) is 5.92 Å². The molecule has 3 fully saturated rings. The van der Waals surface area contributed by atoms with Gasteiger partial charge in [-0.1, -0.05) is 31.2 Å². The Morgan fingerprint density at radius 2 is 1.81 bits per heavy atom. The van der Waals surface area contributed by atoms with Crippen LogP contribution < -0.4 is 4.90 Å². The molecule has 1 aliphatic carbocycles. The molecule has 1 amide bonds. The van der Waals surface area contributed by atoms with E-state index in [2.05, 4.69) is 20.9 Å². The normalized spacial score (nSPS) is 22.8. The quantitative estimate of drug-likeness (QED) is 0.558. The van der Waals surface area contributed by atoms with E-state index in [9.17, 15) is 13.6 Å². The third-order valence-corrected chi connectivity index (χ3v) is 8.12. The van der Waals surface area contributed by atoms with Gasteiger partial charge in [0, 0.05) is 55.1 Å². The molecule has 6 rings (SSSR count). The molecule has 0 unspecified atom stereocenters. The molecule has 1 atom stereocenters. The number of hydrogen-bond acceptors (Lipinski definition) is 4. The van der Waals surface area contributed by atoms with Crippen molar-refractivity contribution >= 4 is 22.6 Å². The van der Waals surface area contributed by atoms with Gasteiger partial charge in [0.15, 0.2) is 0 Å². The molecular weight excluding hydrogens is 460 g/mol. The number of anilines is 1. The average Bonchev–Trinajstić information content (AvgIpc) is 3.65. The molecule has 8 heteroatoms. The number of H-pyrrole nitrogens is 1. The molecule has 1 saturated carbocycles. The van der Waals surface area contributed by atoms with Crippen LogP contribution in [0.4, 0.5) is 14.5 Å². The van der Waals surface area contributed by atoms with E-state index in [0.717, 1.165) is 67.0 Å². The van der Waals surface area contributed by atoms with E-state index >= 15 is 0 Å². The van der Waals surface area contributed by atoms with Gasteiger partial charge in [-0.15, -0.1) is 0 Å². The van der Waals surface area contributed by atoms with Crippen LogP contribution in [-0.4, -0.2) is 77.4 Å². The van der Waals surface area contributed by atoms with E-state index in [1.165, 1.54) is 0 Å². The lowest BCUT2D eigenvalue weighted by Gasteiger charge is -2.38. The minimum Gasteiger partial charge on any atom is -0.367 e. The molecule has 3 aromatic rings. The highest BCUT2D eigenvalue weighted by Crippen LogP contribution is 2.41. The van der Waals surface area contributed by atoms with Gasteiger partial charge in [-0.2, -0.15) is 0 Å². The molecule has 6 nitrogen and oxygen atoms in total. The first-order chi connectivity index (χ1) is 17.4. The van der Waals surface area contributed by atoms with E-state index in [-0.39, 0.29) is 12.5 Å². The lowest BCUT2D eigenvalue weighted by Crippen LogP contribution is -2.49. The fourth-order valence-corrected chi connectivity index (χ4v) is 5.79. The molecule has 2 aliphatic heterocycles. The summed E-state index contributed by atoms with van der Waals surface area (Å²) in [6.45, 7) is 6.23. The van der Waals surface area contributed by atoms with Gasteiger partial charge in [-0.3, -0.25) is 9.69 Å². The molecule has 190 valence electrons. The Labute approximate surface area is 210 Å². The van der Waals surface area contributed by atoms with Gasteiger partial charge in [0.2, 0.25) is 5.91 Å². The Hall–Kier alpha value is -3.00.